The zero-order chi connectivity index (χ0) is 11.4. The van der Waals surface area contributed by atoms with Gasteiger partial charge < -0.3 is 15.1 Å². The van der Waals surface area contributed by atoms with E-state index in [-0.39, 0.29) is 17.4 Å². The van der Waals surface area contributed by atoms with Crippen LogP contribution in [0.2, 0.25) is 0 Å². The highest BCUT2D eigenvalue weighted by molar-refractivity contribution is 5.94. The van der Waals surface area contributed by atoms with Crippen molar-refractivity contribution in [2.24, 2.45) is 0 Å². The predicted molar refractivity (Wildman–Crippen MR) is 57.0 cm³/mol. The monoisotopic (exact) mass is 209 g/mol. The molecule has 0 aliphatic rings. The first-order valence-electron chi connectivity index (χ1n) is 4.83. The molecule has 0 fully saturated rings. The maximum absolute atomic E-state index is 11.7. The molecular weight excluding hydrogens is 194 g/mol. The van der Waals surface area contributed by atoms with Gasteiger partial charge in [-0.2, -0.15) is 0 Å². The number of carbonyl (C=O) groups excluding carboxylic acids is 1. The van der Waals surface area contributed by atoms with Crippen LogP contribution in [-0.4, -0.2) is 34.6 Å². The van der Waals surface area contributed by atoms with Gasteiger partial charge in [-0.3, -0.25) is 4.79 Å². The average molecular weight is 209 g/mol. The fourth-order valence-corrected chi connectivity index (χ4v) is 1.38. The lowest BCUT2D eigenvalue weighted by molar-refractivity contribution is 0.0794. The van der Waals surface area contributed by atoms with Crippen LogP contribution in [0.5, 0.6) is 11.5 Å². The van der Waals surface area contributed by atoms with Crippen molar-refractivity contribution in [1.82, 2.24) is 4.90 Å². The molecule has 1 rings (SSSR count). The summed E-state index contributed by atoms with van der Waals surface area (Å²) in [5, 5.41) is 18.4. The van der Waals surface area contributed by atoms with E-state index in [0.717, 1.165) is 6.42 Å². The summed E-state index contributed by atoms with van der Waals surface area (Å²) in [5.41, 5.74) is 0.295. The molecule has 0 bridgehead atoms. The van der Waals surface area contributed by atoms with Crippen molar-refractivity contribution in [2.75, 3.05) is 13.6 Å². The molecule has 0 radical (unpaired) electrons. The second-order valence-corrected chi connectivity index (χ2v) is 3.46. The second-order valence-electron chi connectivity index (χ2n) is 3.46. The summed E-state index contributed by atoms with van der Waals surface area (Å²) in [6, 6.07) is 3.87. The molecule has 15 heavy (non-hydrogen) atoms. The molecule has 4 heteroatoms. The Bertz CT molecular complexity index is 343. The summed E-state index contributed by atoms with van der Waals surface area (Å²) in [6.45, 7) is 2.62. The third-order valence-corrected chi connectivity index (χ3v) is 2.06. The molecule has 0 atom stereocenters. The van der Waals surface area contributed by atoms with Gasteiger partial charge >= 0.3 is 0 Å². The molecule has 1 aromatic carbocycles. The van der Waals surface area contributed by atoms with E-state index < -0.39 is 0 Å². The third-order valence-electron chi connectivity index (χ3n) is 2.06. The minimum Gasteiger partial charge on any atom is -0.508 e. The summed E-state index contributed by atoms with van der Waals surface area (Å²) < 4.78 is 0. The van der Waals surface area contributed by atoms with Gasteiger partial charge in [-0.15, -0.1) is 0 Å². The van der Waals surface area contributed by atoms with Crippen molar-refractivity contribution < 1.29 is 15.0 Å². The number of phenols is 2. The Kier molecular flexibility index (Phi) is 3.55. The van der Waals surface area contributed by atoms with Crippen LogP contribution in [0.3, 0.4) is 0 Å². The highest BCUT2D eigenvalue weighted by Gasteiger charge is 2.12. The first-order valence-corrected chi connectivity index (χ1v) is 4.83. The Labute approximate surface area is 88.8 Å². The molecule has 4 nitrogen and oxygen atoms in total. The highest BCUT2D eigenvalue weighted by Crippen LogP contribution is 2.21. The Balaban J connectivity index is 2.90. The van der Waals surface area contributed by atoms with E-state index in [4.69, 9.17) is 0 Å². The summed E-state index contributed by atoms with van der Waals surface area (Å²) >= 11 is 0. The van der Waals surface area contributed by atoms with E-state index in [1.807, 2.05) is 6.92 Å². The largest absolute Gasteiger partial charge is 0.508 e. The number of nitrogens with zero attached hydrogens (tertiary/aromatic N) is 1. The van der Waals surface area contributed by atoms with E-state index in [2.05, 4.69) is 0 Å². The molecule has 0 aliphatic carbocycles. The van der Waals surface area contributed by atoms with Crippen molar-refractivity contribution in [2.45, 2.75) is 13.3 Å². The molecule has 1 amide bonds. The zero-order valence-electron chi connectivity index (χ0n) is 8.90. The number of amides is 1. The maximum Gasteiger partial charge on any atom is 0.253 e. The smallest absolute Gasteiger partial charge is 0.253 e. The second kappa shape index (κ2) is 4.68. The Morgan fingerprint density at radius 2 is 1.80 bits per heavy atom. The number of hydrogen-bond donors (Lipinski definition) is 2. The SMILES string of the molecule is CCCN(C)C(=O)c1cc(O)cc(O)c1. The van der Waals surface area contributed by atoms with Crippen molar-refractivity contribution in [3.8, 4) is 11.5 Å². The van der Waals surface area contributed by atoms with Gasteiger partial charge in [0.2, 0.25) is 0 Å². The Morgan fingerprint density at radius 1 is 1.27 bits per heavy atom. The lowest BCUT2D eigenvalue weighted by atomic mass is 10.1. The topological polar surface area (TPSA) is 60.8 Å². The molecule has 0 spiro atoms. The van der Waals surface area contributed by atoms with E-state index in [9.17, 15) is 15.0 Å². The number of benzene rings is 1. The molecule has 2 N–H and O–H groups in total. The van der Waals surface area contributed by atoms with Crippen LogP contribution in [0.15, 0.2) is 18.2 Å². The zero-order valence-corrected chi connectivity index (χ0v) is 8.90. The van der Waals surface area contributed by atoms with Crippen LogP contribution in [0.1, 0.15) is 23.7 Å². The fourth-order valence-electron chi connectivity index (χ4n) is 1.38. The van der Waals surface area contributed by atoms with Crippen molar-refractivity contribution in [3.63, 3.8) is 0 Å². The summed E-state index contributed by atoms with van der Waals surface area (Å²) in [4.78, 5) is 13.3. The predicted octanol–water partition coefficient (Wildman–Crippen LogP) is 1.58. The van der Waals surface area contributed by atoms with Gasteiger partial charge in [0.1, 0.15) is 11.5 Å². The van der Waals surface area contributed by atoms with Crippen LogP contribution >= 0.6 is 0 Å². The molecule has 1 aromatic rings. The Hall–Kier alpha value is -1.71. The highest BCUT2D eigenvalue weighted by atomic mass is 16.3. The average Bonchev–Trinajstić information content (AvgIpc) is 2.15. The van der Waals surface area contributed by atoms with Crippen molar-refractivity contribution >= 4 is 5.91 Å². The minimum atomic E-state index is -0.206. The molecule has 0 saturated heterocycles. The number of phenolic OH excluding ortho intramolecular Hbond substituents is 2. The van der Waals surface area contributed by atoms with Gasteiger partial charge in [0.25, 0.3) is 5.91 Å². The van der Waals surface area contributed by atoms with Crippen LogP contribution in [-0.2, 0) is 0 Å². The summed E-state index contributed by atoms with van der Waals surface area (Å²) in [7, 11) is 1.69. The fraction of sp³-hybridized carbons (Fsp3) is 0.364. The van der Waals surface area contributed by atoms with Gasteiger partial charge in [0.05, 0.1) is 0 Å². The van der Waals surface area contributed by atoms with Crippen molar-refractivity contribution in [1.29, 1.82) is 0 Å². The first kappa shape index (κ1) is 11.4. The number of carbonyl (C=O) groups is 1. The third kappa shape index (κ3) is 2.87. The lowest BCUT2D eigenvalue weighted by Crippen LogP contribution is -2.27. The number of rotatable bonds is 3. The van der Waals surface area contributed by atoms with Gasteiger partial charge in [-0.05, 0) is 18.6 Å². The minimum absolute atomic E-state index is 0.108. The van der Waals surface area contributed by atoms with Gasteiger partial charge in [-0.1, -0.05) is 6.92 Å². The summed E-state index contributed by atoms with van der Waals surface area (Å²) in [6.07, 6.45) is 0.868. The van der Waals surface area contributed by atoms with Crippen LogP contribution in [0.4, 0.5) is 0 Å². The normalized spacial score (nSPS) is 10.0. The van der Waals surface area contributed by atoms with E-state index in [1.165, 1.54) is 18.2 Å². The quantitative estimate of drug-likeness (QED) is 0.794. The molecular formula is C11H15NO3. The lowest BCUT2D eigenvalue weighted by Gasteiger charge is -2.16. The van der Waals surface area contributed by atoms with E-state index in [0.29, 0.717) is 12.1 Å². The van der Waals surface area contributed by atoms with Gasteiger partial charge in [0, 0.05) is 25.2 Å². The molecule has 82 valence electrons. The van der Waals surface area contributed by atoms with Crippen LogP contribution < -0.4 is 0 Å². The molecule has 0 heterocycles. The maximum atomic E-state index is 11.7. The molecule has 0 unspecified atom stereocenters. The number of aromatic hydroxyl groups is 2. The standard InChI is InChI=1S/C11H15NO3/c1-3-4-12(2)11(15)8-5-9(13)7-10(14)6-8/h5-7,13-14H,3-4H2,1-2H3. The van der Waals surface area contributed by atoms with E-state index >= 15 is 0 Å². The summed E-state index contributed by atoms with van der Waals surface area (Å²) in [5.74, 6) is -0.422. The molecule has 0 aromatic heterocycles. The number of hydrogen-bond acceptors (Lipinski definition) is 3. The van der Waals surface area contributed by atoms with Crippen LogP contribution in [0, 0.1) is 0 Å². The Morgan fingerprint density at radius 3 is 2.27 bits per heavy atom. The van der Waals surface area contributed by atoms with Gasteiger partial charge in [0.15, 0.2) is 0 Å². The molecule has 0 saturated carbocycles. The van der Waals surface area contributed by atoms with Crippen molar-refractivity contribution in [3.05, 3.63) is 23.8 Å². The van der Waals surface area contributed by atoms with Crippen LogP contribution in [0.25, 0.3) is 0 Å². The van der Waals surface area contributed by atoms with E-state index in [1.54, 1.807) is 11.9 Å². The molecule has 0 aliphatic heterocycles. The van der Waals surface area contributed by atoms with Gasteiger partial charge in [-0.25, -0.2) is 0 Å². The first-order chi connectivity index (χ1) is 7.04.